The lowest BCUT2D eigenvalue weighted by molar-refractivity contribution is -0.125. The molecule has 2 aromatic carbocycles. The van der Waals surface area contributed by atoms with E-state index in [9.17, 15) is 9.18 Å². The van der Waals surface area contributed by atoms with E-state index in [2.05, 4.69) is 37.3 Å². The number of hydrogen-bond acceptors (Lipinski definition) is 7. The zero-order valence-electron chi connectivity index (χ0n) is 19.3. The number of halogens is 1. The molecule has 2 atom stereocenters. The van der Waals surface area contributed by atoms with E-state index in [0.29, 0.717) is 23.9 Å². The zero-order chi connectivity index (χ0) is 24.5. The normalized spacial score (nSPS) is 18.1. The lowest BCUT2D eigenvalue weighted by Crippen LogP contribution is -2.47. The number of amides is 1. The van der Waals surface area contributed by atoms with Crippen LogP contribution in [0.3, 0.4) is 0 Å². The maximum absolute atomic E-state index is 13.4. The van der Waals surface area contributed by atoms with Crippen molar-refractivity contribution < 1.29 is 9.18 Å². The molecule has 0 bridgehead atoms. The van der Waals surface area contributed by atoms with E-state index < -0.39 is 0 Å². The van der Waals surface area contributed by atoms with E-state index in [-0.39, 0.29) is 36.2 Å². The number of carbonyl (C=O) groups is 1. The monoisotopic (exact) mass is 474 g/mol. The quantitative estimate of drug-likeness (QED) is 0.348. The second kappa shape index (κ2) is 9.21. The average molecular weight is 475 g/mol. The number of nitrogens with two attached hydrogens (primary N) is 2. The van der Waals surface area contributed by atoms with Crippen LogP contribution in [0, 0.1) is 11.7 Å². The second-order valence-electron chi connectivity index (χ2n) is 8.96. The fourth-order valence-electron chi connectivity index (χ4n) is 4.57. The number of nitrogens with zero attached hydrogens (tertiary/aromatic N) is 4. The molecule has 1 aliphatic heterocycles. The van der Waals surface area contributed by atoms with E-state index in [1.807, 2.05) is 24.3 Å². The first-order valence-corrected chi connectivity index (χ1v) is 11.5. The van der Waals surface area contributed by atoms with Crippen LogP contribution >= 0.6 is 0 Å². The Labute approximate surface area is 201 Å². The van der Waals surface area contributed by atoms with Crippen molar-refractivity contribution >= 4 is 34.4 Å². The molecule has 5 rings (SSSR count). The Morgan fingerprint density at radius 2 is 2.03 bits per heavy atom. The second-order valence-corrected chi connectivity index (χ2v) is 8.96. The van der Waals surface area contributed by atoms with Crippen LogP contribution < -0.4 is 21.7 Å². The zero-order valence-corrected chi connectivity index (χ0v) is 19.3. The number of carbonyl (C=O) groups excluding carboxylic acids is 1. The van der Waals surface area contributed by atoms with Crippen LogP contribution in [0.4, 0.5) is 22.0 Å². The van der Waals surface area contributed by atoms with Crippen LogP contribution in [0.25, 0.3) is 22.2 Å². The summed E-state index contributed by atoms with van der Waals surface area (Å²) in [5.74, 6) is 0.679. The van der Waals surface area contributed by atoms with E-state index in [0.717, 1.165) is 34.9 Å². The predicted molar refractivity (Wildman–Crippen MR) is 134 cm³/mol. The molecule has 1 fully saturated rings. The molecule has 3 heterocycles. The Morgan fingerprint density at radius 1 is 1.17 bits per heavy atom. The maximum atomic E-state index is 13.4. The molecule has 1 saturated heterocycles. The Hall–Kier alpha value is -4.21. The third-order valence-electron chi connectivity index (χ3n) is 6.52. The van der Waals surface area contributed by atoms with Crippen molar-refractivity contribution in [1.29, 1.82) is 0 Å². The highest BCUT2D eigenvalue weighted by atomic mass is 19.1. The number of benzene rings is 2. The molecular weight excluding hydrogens is 447 g/mol. The molecule has 10 heteroatoms. The molecule has 2 unspecified atom stereocenters. The predicted octanol–water partition coefficient (Wildman–Crippen LogP) is 3.24. The minimum Gasteiger partial charge on any atom is -0.382 e. The van der Waals surface area contributed by atoms with Gasteiger partial charge in [0.1, 0.15) is 11.6 Å². The van der Waals surface area contributed by atoms with Crippen molar-refractivity contribution in [2.75, 3.05) is 22.9 Å². The molecule has 35 heavy (non-hydrogen) atoms. The molecule has 9 nitrogen and oxygen atoms in total. The fraction of sp³-hybridized carbons (Fsp3) is 0.280. The number of nitrogens with one attached hydrogen (secondary N) is 2. The van der Waals surface area contributed by atoms with Crippen molar-refractivity contribution in [3.8, 4) is 11.3 Å². The van der Waals surface area contributed by atoms with Gasteiger partial charge in [0, 0.05) is 36.1 Å². The summed E-state index contributed by atoms with van der Waals surface area (Å²) in [7, 11) is 0. The van der Waals surface area contributed by atoms with Crippen LogP contribution in [0.2, 0.25) is 0 Å². The summed E-state index contributed by atoms with van der Waals surface area (Å²) in [6.45, 7) is 2.90. The molecule has 0 radical (unpaired) electrons. The van der Waals surface area contributed by atoms with E-state index in [4.69, 9.17) is 11.5 Å². The number of piperidine rings is 1. The van der Waals surface area contributed by atoms with Crippen LogP contribution in [0.1, 0.15) is 25.3 Å². The topological polar surface area (TPSA) is 139 Å². The summed E-state index contributed by atoms with van der Waals surface area (Å²) < 4.78 is 13.4. The number of rotatable bonds is 5. The lowest BCUT2D eigenvalue weighted by atomic mass is 9.92. The summed E-state index contributed by atoms with van der Waals surface area (Å²) in [6.07, 6.45) is 1.59. The van der Waals surface area contributed by atoms with Crippen molar-refractivity contribution in [3.63, 3.8) is 0 Å². The Balaban J connectivity index is 1.35. The largest absolute Gasteiger partial charge is 0.382 e. The molecular formula is C25H27FN8O. The maximum Gasteiger partial charge on any atom is 0.225 e. The van der Waals surface area contributed by atoms with Crippen molar-refractivity contribution in [1.82, 2.24) is 25.5 Å². The first-order chi connectivity index (χ1) is 16.9. The minimum absolute atomic E-state index is 0.0595. The first-order valence-electron chi connectivity index (χ1n) is 11.5. The number of hydrogen-bond donors (Lipinski definition) is 4. The highest BCUT2D eigenvalue weighted by molar-refractivity contribution is 5.91. The molecule has 1 amide bonds. The summed E-state index contributed by atoms with van der Waals surface area (Å²) in [5.41, 5.74) is 15.0. The average Bonchev–Trinajstić information content (AvgIpc) is 3.22. The number of H-pyrrole nitrogens is 1. The highest BCUT2D eigenvalue weighted by Crippen LogP contribution is 2.31. The number of anilines is 3. The van der Waals surface area contributed by atoms with E-state index in [1.54, 1.807) is 12.1 Å². The van der Waals surface area contributed by atoms with Gasteiger partial charge in [-0.15, -0.1) is 0 Å². The van der Waals surface area contributed by atoms with Gasteiger partial charge in [0.25, 0.3) is 0 Å². The third-order valence-corrected chi connectivity index (χ3v) is 6.52. The van der Waals surface area contributed by atoms with Gasteiger partial charge in [-0.25, -0.2) is 9.37 Å². The smallest absolute Gasteiger partial charge is 0.225 e. The van der Waals surface area contributed by atoms with Gasteiger partial charge in [-0.3, -0.25) is 9.89 Å². The van der Waals surface area contributed by atoms with Gasteiger partial charge >= 0.3 is 0 Å². The van der Waals surface area contributed by atoms with Gasteiger partial charge in [-0.2, -0.15) is 10.1 Å². The van der Waals surface area contributed by atoms with E-state index in [1.165, 1.54) is 12.1 Å². The summed E-state index contributed by atoms with van der Waals surface area (Å²) in [4.78, 5) is 23.9. The fourth-order valence-corrected chi connectivity index (χ4v) is 4.57. The molecule has 0 saturated carbocycles. The summed E-state index contributed by atoms with van der Waals surface area (Å²) in [5, 5.41) is 10.7. The SMILES string of the molecule is CC1CCC(C(=O)NCc2cccc(F)c2)CN1c1cc(-c2ccc3c(N)n[nH]c3c2)nc(N)n1. The molecule has 6 N–H and O–H groups in total. The van der Waals surface area contributed by atoms with Gasteiger partial charge in [-0.05, 0) is 49.6 Å². The number of fused-ring (bicyclic) bond motifs is 1. The van der Waals surface area contributed by atoms with Crippen LogP contribution in [-0.2, 0) is 11.3 Å². The highest BCUT2D eigenvalue weighted by Gasteiger charge is 2.31. The van der Waals surface area contributed by atoms with Crippen LogP contribution in [-0.4, -0.2) is 38.7 Å². The molecule has 0 spiro atoms. The van der Waals surface area contributed by atoms with Crippen molar-refractivity contribution in [2.24, 2.45) is 5.92 Å². The summed E-state index contributed by atoms with van der Waals surface area (Å²) in [6, 6.07) is 14.0. The Kier molecular flexibility index (Phi) is 5.94. The molecule has 0 aliphatic carbocycles. The summed E-state index contributed by atoms with van der Waals surface area (Å²) >= 11 is 0. The van der Waals surface area contributed by atoms with Crippen LogP contribution in [0.5, 0.6) is 0 Å². The number of aromatic nitrogens is 4. The third kappa shape index (κ3) is 4.72. The van der Waals surface area contributed by atoms with Gasteiger partial charge in [0.15, 0.2) is 5.82 Å². The van der Waals surface area contributed by atoms with Gasteiger partial charge < -0.3 is 21.7 Å². The van der Waals surface area contributed by atoms with Crippen molar-refractivity contribution in [2.45, 2.75) is 32.4 Å². The lowest BCUT2D eigenvalue weighted by Gasteiger charge is -2.38. The Morgan fingerprint density at radius 3 is 2.86 bits per heavy atom. The minimum atomic E-state index is -0.318. The van der Waals surface area contributed by atoms with Gasteiger partial charge in [-0.1, -0.05) is 18.2 Å². The van der Waals surface area contributed by atoms with Gasteiger partial charge in [0.05, 0.1) is 17.1 Å². The molecule has 4 aromatic rings. The molecule has 1 aliphatic rings. The van der Waals surface area contributed by atoms with Crippen molar-refractivity contribution in [3.05, 3.63) is 59.9 Å². The number of nitrogen functional groups attached to an aromatic ring is 2. The van der Waals surface area contributed by atoms with Gasteiger partial charge in [0.2, 0.25) is 11.9 Å². The molecule has 2 aromatic heterocycles. The van der Waals surface area contributed by atoms with E-state index >= 15 is 0 Å². The first kappa shape index (κ1) is 22.6. The number of aromatic amines is 1. The standard InChI is InChI=1S/C25H27FN8O/c1-14-5-6-17(24(35)29-12-15-3-2-4-18(26)9-15)13-34(14)22-11-20(30-25(28)31-22)16-7-8-19-21(10-16)32-33-23(19)27/h2-4,7-11,14,17H,5-6,12-13H2,1H3,(H,29,35)(H3,27,32,33)(H2,28,30,31). The van der Waals surface area contributed by atoms with Crippen LogP contribution in [0.15, 0.2) is 48.5 Å². The molecule has 180 valence electrons. The Bertz CT molecular complexity index is 1390.